The van der Waals surface area contributed by atoms with Gasteiger partial charge in [-0.3, -0.25) is 0 Å². The summed E-state index contributed by atoms with van der Waals surface area (Å²) >= 11 is 2.44. The number of thiazole rings is 1. The molecule has 1 aromatic carbocycles. The summed E-state index contributed by atoms with van der Waals surface area (Å²) in [7, 11) is 1.71. The summed E-state index contributed by atoms with van der Waals surface area (Å²) < 4.78 is 5.54. The lowest BCUT2D eigenvalue weighted by Gasteiger charge is -2.27. The van der Waals surface area contributed by atoms with E-state index in [9.17, 15) is 14.7 Å². The number of aromatic nitrogens is 1. The first-order chi connectivity index (χ1) is 13.5. The number of aromatic hydroxyl groups is 1. The van der Waals surface area contributed by atoms with Gasteiger partial charge >= 0.3 is 11.3 Å². The molecule has 0 aliphatic carbocycles. The zero-order valence-electron chi connectivity index (χ0n) is 16.8. The minimum atomic E-state index is -0.620. The lowest BCUT2D eigenvalue weighted by molar-refractivity contribution is -0.709. The number of nitrogens with two attached hydrogens (primary N) is 1. The van der Waals surface area contributed by atoms with Gasteiger partial charge in [-0.25, -0.2) is 19.5 Å². The fourth-order valence-corrected chi connectivity index (χ4v) is 4.63. The van der Waals surface area contributed by atoms with E-state index in [2.05, 4.69) is 4.98 Å². The molecule has 0 radical (unpaired) electrons. The van der Waals surface area contributed by atoms with E-state index in [1.165, 1.54) is 11.3 Å². The molecule has 1 unspecified atom stereocenters. The summed E-state index contributed by atoms with van der Waals surface area (Å²) in [6.45, 7) is 6.10. The first-order valence-electron chi connectivity index (χ1n) is 9.14. The fraction of sp³-hybridized carbons (Fsp3) is 0.421. The third-order valence-electron chi connectivity index (χ3n) is 4.32. The summed E-state index contributed by atoms with van der Waals surface area (Å²) in [5, 5.41) is 12.3. The Morgan fingerprint density at radius 2 is 2.10 bits per heavy atom. The van der Waals surface area contributed by atoms with Gasteiger partial charge in [0.05, 0.1) is 24.2 Å². The molecule has 3 rings (SSSR count). The number of anilines is 1. The van der Waals surface area contributed by atoms with E-state index in [-0.39, 0.29) is 17.5 Å². The van der Waals surface area contributed by atoms with E-state index in [0.29, 0.717) is 34.4 Å². The first kappa shape index (κ1) is 21.4. The highest BCUT2D eigenvalue weighted by Gasteiger charge is 2.36. The van der Waals surface area contributed by atoms with Crippen molar-refractivity contribution in [3.8, 4) is 5.75 Å². The van der Waals surface area contributed by atoms with Crippen molar-refractivity contribution in [2.75, 3.05) is 19.3 Å². The van der Waals surface area contributed by atoms with Gasteiger partial charge in [-0.1, -0.05) is 6.07 Å². The van der Waals surface area contributed by atoms with Gasteiger partial charge < -0.3 is 20.5 Å². The number of nitrogens with zero attached hydrogens (tertiary/aromatic N) is 2. The van der Waals surface area contributed by atoms with Crippen LogP contribution in [-0.2, 0) is 17.7 Å². The van der Waals surface area contributed by atoms with Crippen molar-refractivity contribution >= 4 is 45.3 Å². The lowest BCUT2D eigenvalue weighted by atomic mass is 10.1. The van der Waals surface area contributed by atoms with Crippen LogP contribution in [0.2, 0.25) is 0 Å². The molecule has 1 aromatic heterocycles. The number of benzene rings is 1. The van der Waals surface area contributed by atoms with Crippen LogP contribution >= 0.6 is 23.1 Å². The fourth-order valence-electron chi connectivity index (χ4n) is 2.97. The van der Waals surface area contributed by atoms with Crippen LogP contribution in [0.3, 0.4) is 0 Å². The summed E-state index contributed by atoms with van der Waals surface area (Å²) in [6.07, 6.45) is 0.0700. The number of carbonyl (C=O) groups excluding carboxylic acids is 2. The molecule has 1 atom stereocenters. The number of amides is 2. The van der Waals surface area contributed by atoms with Crippen molar-refractivity contribution in [3.63, 3.8) is 0 Å². The number of hydrogen-bond acceptors (Lipinski definition) is 8. The summed E-state index contributed by atoms with van der Waals surface area (Å²) in [4.78, 5) is 31.9. The van der Waals surface area contributed by atoms with E-state index in [4.69, 9.17) is 10.5 Å². The highest BCUT2D eigenvalue weighted by Crippen LogP contribution is 2.39. The zero-order chi connectivity index (χ0) is 21.3. The molecule has 1 aliphatic rings. The van der Waals surface area contributed by atoms with E-state index >= 15 is 0 Å². The molecule has 8 nitrogen and oxygen atoms in total. The SMILES string of the molecule is C[NH+]1C(=O)Sc2c(CCN(Cc3csc(N)n3)C(=O)OC(C)(C)C)ccc(O)c21. The molecule has 29 heavy (non-hydrogen) atoms. The Bertz CT molecular complexity index is 939. The van der Waals surface area contributed by atoms with Crippen molar-refractivity contribution in [3.05, 3.63) is 28.8 Å². The second kappa shape index (κ2) is 8.21. The largest absolute Gasteiger partial charge is 0.503 e. The molecule has 0 saturated heterocycles. The number of phenolic OH excluding ortho intramolecular Hbond substituents is 1. The molecule has 4 N–H and O–H groups in total. The number of hydrogen-bond donors (Lipinski definition) is 3. The Labute approximate surface area is 177 Å². The highest BCUT2D eigenvalue weighted by atomic mass is 32.2. The zero-order valence-corrected chi connectivity index (χ0v) is 18.4. The molecular weight excluding hydrogens is 412 g/mol. The first-order valence-corrected chi connectivity index (χ1v) is 10.8. The predicted molar refractivity (Wildman–Crippen MR) is 113 cm³/mol. The molecular formula is C19H25N4O4S2+. The number of thioether (sulfide) groups is 1. The van der Waals surface area contributed by atoms with E-state index in [1.807, 2.05) is 26.2 Å². The number of quaternary nitrogens is 1. The maximum Gasteiger partial charge on any atom is 0.410 e. The van der Waals surface area contributed by atoms with Gasteiger partial charge in [0, 0.05) is 23.7 Å². The molecule has 10 heteroatoms. The molecule has 1 aliphatic heterocycles. The van der Waals surface area contributed by atoms with Gasteiger partial charge in [-0.15, -0.1) is 11.3 Å². The van der Waals surface area contributed by atoms with Gasteiger partial charge in [0.1, 0.15) is 5.60 Å². The average Bonchev–Trinajstić information content (AvgIpc) is 3.15. The van der Waals surface area contributed by atoms with E-state index in [1.54, 1.807) is 24.1 Å². The normalized spacial score (nSPS) is 16.0. The average molecular weight is 438 g/mol. The molecule has 2 amide bonds. The Morgan fingerprint density at radius 1 is 1.38 bits per heavy atom. The minimum Gasteiger partial charge on any atom is -0.503 e. The Morgan fingerprint density at radius 3 is 2.72 bits per heavy atom. The topological polar surface area (TPSA) is 110 Å². The molecule has 0 bridgehead atoms. The Kier molecular flexibility index (Phi) is 6.06. The maximum absolute atomic E-state index is 12.7. The summed E-state index contributed by atoms with van der Waals surface area (Å²) in [5.74, 6) is 0.0987. The maximum atomic E-state index is 12.7. The van der Waals surface area contributed by atoms with Crippen LogP contribution in [0.1, 0.15) is 32.0 Å². The van der Waals surface area contributed by atoms with Gasteiger partial charge in [0.15, 0.2) is 16.6 Å². The number of ether oxygens (including phenoxy) is 1. The third kappa shape index (κ3) is 5.01. The second-order valence-electron chi connectivity index (χ2n) is 7.79. The Hall–Kier alpha value is -2.30. The van der Waals surface area contributed by atoms with Crippen LogP contribution in [0, 0.1) is 0 Å². The standard InChI is InChI=1S/C19H24N4O4S2/c1-19(2,3)27-17(25)23(9-12-10-28-16(20)21-12)8-7-11-5-6-13(24)14-15(11)29-18(26)22(14)4/h5-6,10,24H,7-9H2,1-4H3,(H2,20,21)/p+1. The van der Waals surface area contributed by atoms with Crippen LogP contribution in [0.4, 0.5) is 20.4 Å². The van der Waals surface area contributed by atoms with Crippen molar-refractivity contribution in [2.24, 2.45) is 0 Å². The van der Waals surface area contributed by atoms with E-state index in [0.717, 1.165) is 22.2 Å². The van der Waals surface area contributed by atoms with E-state index < -0.39 is 11.7 Å². The predicted octanol–water partition coefficient (Wildman–Crippen LogP) is 2.78. The van der Waals surface area contributed by atoms with Gasteiger partial charge in [-0.05, 0) is 38.8 Å². The molecule has 2 heterocycles. The van der Waals surface area contributed by atoms with Crippen LogP contribution < -0.4 is 10.6 Å². The molecule has 0 spiro atoms. The summed E-state index contributed by atoms with van der Waals surface area (Å²) in [5.41, 5.74) is 7.28. The number of carbonyl (C=O) groups is 2. The van der Waals surface area contributed by atoms with Gasteiger partial charge in [0.2, 0.25) is 0 Å². The van der Waals surface area contributed by atoms with Crippen molar-refractivity contribution in [2.45, 2.75) is 44.2 Å². The third-order valence-corrected chi connectivity index (χ3v) is 6.20. The molecule has 0 saturated carbocycles. The quantitative estimate of drug-likeness (QED) is 0.617. The number of nitrogen functional groups attached to an aromatic ring is 1. The molecule has 156 valence electrons. The smallest absolute Gasteiger partial charge is 0.410 e. The van der Waals surface area contributed by atoms with Crippen LogP contribution in [0.5, 0.6) is 5.75 Å². The number of nitrogens with one attached hydrogen (secondary N) is 1. The summed E-state index contributed by atoms with van der Waals surface area (Å²) in [6, 6.07) is 3.39. The van der Waals surface area contributed by atoms with Crippen molar-refractivity contribution in [1.82, 2.24) is 9.88 Å². The lowest BCUT2D eigenvalue weighted by Crippen LogP contribution is -3.04. The number of fused-ring (bicyclic) bond motifs is 1. The van der Waals surface area contributed by atoms with Crippen molar-refractivity contribution in [1.29, 1.82) is 0 Å². The molecule has 0 fully saturated rings. The second-order valence-corrected chi connectivity index (χ2v) is 9.66. The number of phenols is 1. The molecule has 2 aromatic rings. The van der Waals surface area contributed by atoms with Crippen molar-refractivity contribution < 1.29 is 24.3 Å². The van der Waals surface area contributed by atoms with Crippen LogP contribution in [0.15, 0.2) is 22.4 Å². The van der Waals surface area contributed by atoms with Crippen LogP contribution in [-0.4, -0.2) is 45.5 Å². The Balaban J connectivity index is 1.80. The highest BCUT2D eigenvalue weighted by molar-refractivity contribution is 8.13. The van der Waals surface area contributed by atoms with Crippen LogP contribution in [0.25, 0.3) is 0 Å². The minimum absolute atomic E-state index is 0.0651. The number of rotatable bonds is 5. The monoisotopic (exact) mass is 437 g/mol. The van der Waals surface area contributed by atoms with Gasteiger partial charge in [0.25, 0.3) is 0 Å². The van der Waals surface area contributed by atoms with Gasteiger partial charge in [-0.2, -0.15) is 0 Å².